The Balaban J connectivity index is 1.76. The van der Waals surface area contributed by atoms with Gasteiger partial charge < -0.3 is 14.8 Å². The van der Waals surface area contributed by atoms with E-state index in [0.717, 1.165) is 0 Å². The fourth-order valence-corrected chi connectivity index (χ4v) is 8.31. The normalized spacial score (nSPS) is 17.5. The molecule has 17 heteroatoms. The molecule has 3 rings (SSSR count). The Hall–Kier alpha value is -2.19. The third kappa shape index (κ3) is 7.44. The van der Waals surface area contributed by atoms with Crippen molar-refractivity contribution >= 4 is 37.5 Å². The van der Waals surface area contributed by atoms with Crippen molar-refractivity contribution in [2.75, 3.05) is 33.4 Å². The number of hydrogen-bond donors (Lipinski definition) is 4. The maximum absolute atomic E-state index is 13.2. The summed E-state index contributed by atoms with van der Waals surface area (Å²) in [5, 5.41) is 19.8. The van der Waals surface area contributed by atoms with Crippen LogP contribution < -0.4 is 14.8 Å². The lowest BCUT2D eigenvalue weighted by molar-refractivity contribution is -0.497. The molecule has 37 heavy (non-hydrogen) atoms. The summed E-state index contributed by atoms with van der Waals surface area (Å²) in [6, 6.07) is 6.44. The predicted molar refractivity (Wildman–Crippen MR) is 129 cm³/mol. The molecule has 1 atom stereocenters. The Bertz CT molecular complexity index is 1280. The van der Waals surface area contributed by atoms with Gasteiger partial charge in [-0.2, -0.15) is 4.31 Å². The van der Waals surface area contributed by atoms with Crippen LogP contribution in [0.2, 0.25) is 0 Å². The van der Waals surface area contributed by atoms with Crippen molar-refractivity contribution in [3.63, 3.8) is 0 Å². The van der Waals surface area contributed by atoms with E-state index in [-0.39, 0.29) is 33.9 Å². The predicted octanol–water partition coefficient (Wildman–Crippen LogP) is 1.43. The molecule has 1 aromatic heterocycles. The zero-order chi connectivity index (χ0) is 27.2. The second-order valence-corrected chi connectivity index (χ2v) is 12.9. The largest absolute Gasteiger partial charge is 0.426 e. The molecule has 0 bridgehead atoms. The molecule has 206 valence electrons. The minimum Gasteiger partial charge on any atom is -0.410 e. The molecular formula is C20H28N4O10S3. The summed E-state index contributed by atoms with van der Waals surface area (Å²) < 4.78 is 64.8. The molecule has 0 aliphatic carbocycles. The van der Waals surface area contributed by atoms with Crippen LogP contribution in [-0.2, 0) is 36.2 Å². The van der Waals surface area contributed by atoms with Gasteiger partial charge in [0, 0.05) is 38.4 Å². The third-order valence-electron chi connectivity index (χ3n) is 5.21. The SMILES string of the molecule is CCN[C@H]1CN(CCCOC)S(=O)(=O)c2sc(S(=O)(=O)NC(=O)Oc3ccc(CON(O)O)cc3)cc21. The summed E-state index contributed by atoms with van der Waals surface area (Å²) >= 11 is 0.562. The molecule has 0 unspecified atom stereocenters. The van der Waals surface area contributed by atoms with Crippen LogP contribution in [0.1, 0.15) is 30.5 Å². The Morgan fingerprint density at radius 2 is 1.97 bits per heavy atom. The maximum Gasteiger partial charge on any atom is 0.426 e. The van der Waals surface area contributed by atoms with Gasteiger partial charge in [0.2, 0.25) is 0 Å². The first-order chi connectivity index (χ1) is 17.5. The first-order valence-corrected chi connectivity index (χ1v) is 14.7. The van der Waals surface area contributed by atoms with E-state index >= 15 is 0 Å². The number of rotatable bonds is 12. The number of nitrogens with zero attached hydrogens (tertiary/aromatic N) is 2. The molecular weight excluding hydrogens is 552 g/mol. The smallest absolute Gasteiger partial charge is 0.410 e. The number of likely N-dealkylation sites (N-methyl/N-ethyl adjacent to an activating group) is 1. The third-order valence-corrected chi connectivity index (χ3v) is 10.5. The Kier molecular flexibility index (Phi) is 9.98. The van der Waals surface area contributed by atoms with Crippen LogP contribution in [0, 0.1) is 0 Å². The molecule has 2 heterocycles. The highest BCUT2D eigenvalue weighted by atomic mass is 32.3. The number of ether oxygens (including phenoxy) is 2. The van der Waals surface area contributed by atoms with E-state index in [1.54, 1.807) is 4.72 Å². The monoisotopic (exact) mass is 580 g/mol. The zero-order valence-corrected chi connectivity index (χ0v) is 22.4. The molecule has 2 aromatic rings. The molecule has 4 N–H and O–H groups in total. The van der Waals surface area contributed by atoms with Crippen LogP contribution in [0.25, 0.3) is 0 Å². The summed E-state index contributed by atoms with van der Waals surface area (Å²) in [4.78, 5) is 16.7. The van der Waals surface area contributed by atoms with E-state index in [2.05, 4.69) is 10.2 Å². The van der Waals surface area contributed by atoms with Gasteiger partial charge in [-0.25, -0.2) is 31.2 Å². The van der Waals surface area contributed by atoms with Crippen molar-refractivity contribution in [3.05, 3.63) is 41.5 Å². The Morgan fingerprint density at radius 1 is 1.27 bits per heavy atom. The number of nitrogens with one attached hydrogen (secondary N) is 2. The van der Waals surface area contributed by atoms with Crippen LogP contribution in [-0.4, -0.2) is 76.4 Å². The average Bonchev–Trinajstić information content (AvgIpc) is 3.29. The number of methoxy groups -OCH3 is 1. The summed E-state index contributed by atoms with van der Waals surface area (Å²) in [6.07, 6.45) is -0.817. The van der Waals surface area contributed by atoms with E-state index in [4.69, 9.17) is 19.9 Å². The Morgan fingerprint density at radius 3 is 2.59 bits per heavy atom. The average molecular weight is 581 g/mol. The number of hydrogen-bond acceptors (Lipinski definition) is 13. The number of amides is 1. The van der Waals surface area contributed by atoms with Crippen molar-refractivity contribution in [2.24, 2.45) is 0 Å². The molecule has 0 saturated heterocycles. The lowest BCUT2D eigenvalue weighted by Gasteiger charge is -2.32. The minimum atomic E-state index is -4.44. The van der Waals surface area contributed by atoms with Gasteiger partial charge >= 0.3 is 6.09 Å². The van der Waals surface area contributed by atoms with E-state index in [0.29, 0.717) is 42.0 Å². The van der Waals surface area contributed by atoms with Crippen LogP contribution in [0.5, 0.6) is 5.75 Å². The molecule has 0 radical (unpaired) electrons. The van der Waals surface area contributed by atoms with Crippen LogP contribution in [0.3, 0.4) is 0 Å². The molecule has 1 aliphatic heterocycles. The number of carbonyl (C=O) groups excluding carboxylic acids is 1. The highest BCUT2D eigenvalue weighted by molar-refractivity contribution is 7.94. The molecule has 0 fully saturated rings. The fraction of sp³-hybridized carbons (Fsp3) is 0.450. The van der Waals surface area contributed by atoms with Crippen LogP contribution in [0.15, 0.2) is 38.8 Å². The van der Waals surface area contributed by atoms with Gasteiger partial charge in [0.25, 0.3) is 20.0 Å². The van der Waals surface area contributed by atoms with Gasteiger partial charge in [0.15, 0.2) is 0 Å². The second kappa shape index (κ2) is 12.6. The topological polar surface area (TPSA) is 184 Å². The number of thiophene rings is 1. The van der Waals surface area contributed by atoms with Crippen molar-refractivity contribution < 1.29 is 46.4 Å². The standard InChI is InChI=1S/C20H28N4O10S3/c1-3-21-17-12-23(9-4-10-32-2)37(30,31)19-16(17)11-18(35-19)36(28,29)22-20(25)34-15-7-5-14(6-8-15)13-33-24(26)27/h5-8,11,17,21,26-27H,3-4,9-10,12-13H2,1-2H3,(H,22,25)/t17-/m0/s1. The van der Waals surface area contributed by atoms with E-state index < -0.39 is 37.6 Å². The maximum atomic E-state index is 13.2. The molecule has 0 spiro atoms. The first-order valence-electron chi connectivity index (χ1n) is 11.0. The van der Waals surface area contributed by atoms with Gasteiger partial charge in [-0.1, -0.05) is 19.1 Å². The van der Waals surface area contributed by atoms with Crippen LogP contribution in [0.4, 0.5) is 4.79 Å². The van der Waals surface area contributed by atoms with E-state index in [9.17, 15) is 21.6 Å². The van der Waals surface area contributed by atoms with Gasteiger partial charge in [-0.05, 0) is 36.7 Å². The van der Waals surface area contributed by atoms with E-state index in [1.165, 1.54) is 41.7 Å². The quantitative estimate of drug-likeness (QED) is 0.209. The highest BCUT2D eigenvalue weighted by Crippen LogP contribution is 2.40. The lowest BCUT2D eigenvalue weighted by Crippen LogP contribution is -2.43. The summed E-state index contributed by atoms with van der Waals surface area (Å²) in [6.45, 7) is 2.92. The molecule has 0 saturated carbocycles. The number of benzene rings is 1. The number of sulfonamides is 2. The molecule has 1 aliphatic rings. The Labute approximate surface area is 218 Å². The molecule has 1 aromatic carbocycles. The van der Waals surface area contributed by atoms with Crippen molar-refractivity contribution in [1.29, 1.82) is 0 Å². The van der Waals surface area contributed by atoms with Gasteiger partial charge in [-0.15, -0.1) is 11.3 Å². The van der Waals surface area contributed by atoms with Crippen molar-refractivity contribution in [2.45, 2.75) is 34.4 Å². The number of carbonyl (C=O) groups is 1. The van der Waals surface area contributed by atoms with Gasteiger partial charge in [0.05, 0.1) is 12.0 Å². The van der Waals surface area contributed by atoms with Crippen molar-refractivity contribution in [3.8, 4) is 5.75 Å². The summed E-state index contributed by atoms with van der Waals surface area (Å²) in [5.74, 6) is 0.00765. The summed E-state index contributed by atoms with van der Waals surface area (Å²) in [7, 11) is -6.87. The van der Waals surface area contributed by atoms with Crippen LogP contribution >= 0.6 is 11.3 Å². The lowest BCUT2D eigenvalue weighted by atomic mass is 10.1. The van der Waals surface area contributed by atoms with E-state index in [1.807, 2.05) is 6.92 Å². The summed E-state index contributed by atoms with van der Waals surface area (Å²) in [5.41, 5.74) is 0.830. The molecule has 1 amide bonds. The van der Waals surface area contributed by atoms with Gasteiger partial charge in [-0.3, -0.25) is 10.4 Å². The number of fused-ring (bicyclic) bond motifs is 1. The second-order valence-electron chi connectivity index (χ2n) is 7.79. The van der Waals surface area contributed by atoms with Gasteiger partial charge in [0.1, 0.15) is 14.2 Å². The minimum absolute atomic E-state index is 0.00765. The first kappa shape index (κ1) is 29.4. The molecule has 14 nitrogen and oxygen atoms in total. The fourth-order valence-electron chi connectivity index (χ4n) is 3.55. The van der Waals surface area contributed by atoms with Crippen molar-refractivity contribution in [1.82, 2.24) is 19.7 Å². The highest BCUT2D eigenvalue weighted by Gasteiger charge is 2.40. The zero-order valence-electron chi connectivity index (χ0n) is 20.0.